The van der Waals surface area contributed by atoms with Crippen molar-refractivity contribution in [3.05, 3.63) is 0 Å². The first kappa shape index (κ1) is 13.7. The number of carbonyl (C=O) groups is 2. The molecule has 0 radical (unpaired) electrons. The van der Waals surface area contributed by atoms with Gasteiger partial charge in [-0.25, -0.2) is 4.79 Å². The summed E-state index contributed by atoms with van der Waals surface area (Å²) in [6.45, 7) is 0.813. The molecule has 0 unspecified atom stereocenters. The number of carboxylic acid groups (broad SMARTS) is 1. The summed E-state index contributed by atoms with van der Waals surface area (Å²) >= 11 is 0. The molecular weight excluding hydrogens is 256 g/mol. The molecule has 0 aromatic rings. The Morgan fingerprint density at radius 2 is 1.70 bits per heavy atom. The molecule has 20 heavy (non-hydrogen) atoms. The Labute approximate surface area is 119 Å². The van der Waals surface area contributed by atoms with E-state index in [0.717, 1.165) is 25.3 Å². The molecule has 0 bridgehead atoms. The molecule has 0 saturated heterocycles. The highest BCUT2D eigenvalue weighted by molar-refractivity contribution is 5.74. The van der Waals surface area contributed by atoms with Crippen LogP contribution in [-0.4, -0.2) is 29.7 Å². The van der Waals surface area contributed by atoms with Crippen molar-refractivity contribution in [1.29, 1.82) is 0 Å². The van der Waals surface area contributed by atoms with Crippen LogP contribution in [-0.2, 0) is 4.79 Å². The van der Waals surface area contributed by atoms with Gasteiger partial charge in [-0.1, -0.05) is 0 Å². The lowest BCUT2D eigenvalue weighted by molar-refractivity contribution is -0.142. The van der Waals surface area contributed by atoms with Gasteiger partial charge in [-0.15, -0.1) is 0 Å². The first-order valence-corrected chi connectivity index (χ1v) is 7.86. The summed E-state index contributed by atoms with van der Waals surface area (Å²) in [6.07, 6.45) is 8.10. The molecule has 3 fully saturated rings. The maximum atomic E-state index is 11.9. The van der Waals surface area contributed by atoms with E-state index in [-0.39, 0.29) is 18.0 Å². The summed E-state index contributed by atoms with van der Waals surface area (Å²) in [5, 5.41) is 15.0. The standard InChI is InChI=1S/C15H24N2O3/c18-13(19)10-1-5-12(6-2-10)17-14(20)16-9-15(7-8-15)11-3-4-11/h10-12H,1-9H2,(H,18,19)(H2,16,17,20). The van der Waals surface area contributed by atoms with E-state index in [9.17, 15) is 9.59 Å². The smallest absolute Gasteiger partial charge is 0.315 e. The van der Waals surface area contributed by atoms with Crippen molar-refractivity contribution in [2.45, 2.75) is 57.4 Å². The van der Waals surface area contributed by atoms with Gasteiger partial charge in [0.1, 0.15) is 0 Å². The van der Waals surface area contributed by atoms with Gasteiger partial charge in [0, 0.05) is 12.6 Å². The topological polar surface area (TPSA) is 78.4 Å². The van der Waals surface area contributed by atoms with E-state index < -0.39 is 5.97 Å². The van der Waals surface area contributed by atoms with E-state index in [4.69, 9.17) is 5.11 Å². The fourth-order valence-corrected chi connectivity index (χ4v) is 3.56. The van der Waals surface area contributed by atoms with Crippen LogP contribution >= 0.6 is 0 Å². The average molecular weight is 280 g/mol. The summed E-state index contributed by atoms with van der Waals surface area (Å²) in [7, 11) is 0. The number of nitrogens with one attached hydrogen (secondary N) is 2. The molecular formula is C15H24N2O3. The number of rotatable bonds is 5. The van der Waals surface area contributed by atoms with Gasteiger partial charge in [0.2, 0.25) is 0 Å². The molecule has 3 aliphatic rings. The Hall–Kier alpha value is -1.26. The van der Waals surface area contributed by atoms with Gasteiger partial charge in [0.15, 0.2) is 0 Å². The highest BCUT2D eigenvalue weighted by Gasteiger charge is 2.53. The molecule has 3 aliphatic carbocycles. The van der Waals surface area contributed by atoms with Gasteiger partial charge in [0.05, 0.1) is 5.92 Å². The molecule has 3 saturated carbocycles. The van der Waals surface area contributed by atoms with Crippen LogP contribution in [0.5, 0.6) is 0 Å². The zero-order valence-corrected chi connectivity index (χ0v) is 11.9. The maximum Gasteiger partial charge on any atom is 0.315 e. The maximum absolute atomic E-state index is 11.9. The van der Waals surface area contributed by atoms with E-state index in [1.54, 1.807) is 0 Å². The van der Waals surface area contributed by atoms with E-state index in [1.807, 2.05) is 0 Å². The van der Waals surface area contributed by atoms with E-state index in [2.05, 4.69) is 10.6 Å². The Morgan fingerprint density at radius 3 is 2.20 bits per heavy atom. The Bertz CT molecular complexity index is 394. The Balaban J connectivity index is 1.36. The second-order valence-corrected chi connectivity index (χ2v) is 6.85. The van der Waals surface area contributed by atoms with Crippen LogP contribution in [0.2, 0.25) is 0 Å². The van der Waals surface area contributed by atoms with Crippen LogP contribution in [0.1, 0.15) is 51.4 Å². The number of urea groups is 1. The molecule has 3 N–H and O–H groups in total. The van der Waals surface area contributed by atoms with Gasteiger partial charge < -0.3 is 15.7 Å². The first-order chi connectivity index (χ1) is 9.59. The first-order valence-electron chi connectivity index (χ1n) is 7.86. The highest BCUT2D eigenvalue weighted by Crippen LogP contribution is 2.60. The lowest BCUT2D eigenvalue weighted by Gasteiger charge is -2.27. The van der Waals surface area contributed by atoms with Gasteiger partial charge in [-0.05, 0) is 62.7 Å². The van der Waals surface area contributed by atoms with Crippen LogP contribution in [0.15, 0.2) is 0 Å². The Kier molecular flexibility index (Phi) is 3.61. The molecule has 0 aromatic carbocycles. The summed E-state index contributed by atoms with van der Waals surface area (Å²) in [5.41, 5.74) is 0.429. The van der Waals surface area contributed by atoms with Crippen molar-refractivity contribution < 1.29 is 14.7 Å². The van der Waals surface area contributed by atoms with Crippen molar-refractivity contribution in [3.8, 4) is 0 Å². The number of carbonyl (C=O) groups excluding carboxylic acids is 1. The number of aliphatic carboxylic acids is 1. The monoisotopic (exact) mass is 280 g/mol. The molecule has 0 aromatic heterocycles. The zero-order valence-electron chi connectivity index (χ0n) is 11.9. The van der Waals surface area contributed by atoms with Crippen molar-refractivity contribution in [3.63, 3.8) is 0 Å². The fourth-order valence-electron chi connectivity index (χ4n) is 3.56. The minimum atomic E-state index is -0.701. The van der Waals surface area contributed by atoms with E-state index >= 15 is 0 Å². The predicted octanol–water partition coefficient (Wildman–Crippen LogP) is 2.12. The van der Waals surface area contributed by atoms with Crippen molar-refractivity contribution >= 4 is 12.0 Å². The lowest BCUT2D eigenvalue weighted by atomic mass is 9.86. The molecule has 3 rings (SSSR count). The van der Waals surface area contributed by atoms with Crippen molar-refractivity contribution in [1.82, 2.24) is 10.6 Å². The van der Waals surface area contributed by atoms with Gasteiger partial charge in [-0.3, -0.25) is 4.79 Å². The third-order valence-electron chi connectivity index (χ3n) is 5.35. The number of carboxylic acids is 1. The second-order valence-electron chi connectivity index (χ2n) is 6.85. The molecule has 0 atom stereocenters. The van der Waals surface area contributed by atoms with Crippen LogP contribution in [0, 0.1) is 17.3 Å². The van der Waals surface area contributed by atoms with Gasteiger partial charge in [-0.2, -0.15) is 0 Å². The summed E-state index contributed by atoms with van der Waals surface area (Å²) in [4.78, 5) is 22.8. The predicted molar refractivity (Wildman–Crippen MR) is 74.3 cm³/mol. The van der Waals surface area contributed by atoms with Crippen molar-refractivity contribution in [2.75, 3.05) is 6.54 Å². The minimum Gasteiger partial charge on any atom is -0.481 e. The largest absolute Gasteiger partial charge is 0.481 e. The zero-order chi connectivity index (χ0) is 14.2. The van der Waals surface area contributed by atoms with Crippen LogP contribution in [0.25, 0.3) is 0 Å². The number of hydrogen-bond donors (Lipinski definition) is 3. The third kappa shape index (κ3) is 3.07. The molecule has 0 aliphatic heterocycles. The SMILES string of the molecule is O=C(NCC1(C2CC2)CC1)NC1CCC(C(=O)O)CC1. The van der Waals surface area contributed by atoms with Crippen LogP contribution < -0.4 is 10.6 Å². The summed E-state index contributed by atoms with van der Waals surface area (Å²) in [5.74, 6) is -0.0671. The quantitative estimate of drug-likeness (QED) is 0.721. The third-order valence-corrected chi connectivity index (χ3v) is 5.35. The Morgan fingerprint density at radius 1 is 1.05 bits per heavy atom. The van der Waals surface area contributed by atoms with Gasteiger partial charge in [0.25, 0.3) is 0 Å². The number of amides is 2. The summed E-state index contributed by atoms with van der Waals surface area (Å²) in [6, 6.07) is 0.0670. The summed E-state index contributed by atoms with van der Waals surface area (Å²) < 4.78 is 0. The molecule has 2 amide bonds. The van der Waals surface area contributed by atoms with Gasteiger partial charge >= 0.3 is 12.0 Å². The highest BCUT2D eigenvalue weighted by atomic mass is 16.4. The van der Waals surface area contributed by atoms with Crippen LogP contribution in [0.4, 0.5) is 4.79 Å². The molecule has 5 heteroatoms. The minimum absolute atomic E-state index is 0.0734. The normalized spacial score (nSPS) is 31.4. The molecule has 0 heterocycles. The average Bonchev–Trinajstić information content (AvgIpc) is 3.28. The lowest BCUT2D eigenvalue weighted by Crippen LogP contribution is -2.45. The van der Waals surface area contributed by atoms with Crippen molar-refractivity contribution in [2.24, 2.45) is 17.3 Å². The molecule has 112 valence electrons. The van der Waals surface area contributed by atoms with E-state index in [0.29, 0.717) is 18.3 Å². The number of hydrogen-bond acceptors (Lipinski definition) is 2. The second kappa shape index (κ2) is 5.26. The molecule has 5 nitrogen and oxygen atoms in total. The molecule has 0 spiro atoms. The van der Waals surface area contributed by atoms with Crippen LogP contribution in [0.3, 0.4) is 0 Å². The van der Waals surface area contributed by atoms with E-state index in [1.165, 1.54) is 25.7 Å². The fraction of sp³-hybridized carbons (Fsp3) is 0.867.